The molecule has 0 radical (unpaired) electrons. The lowest BCUT2D eigenvalue weighted by Gasteiger charge is -2.05. The van der Waals surface area contributed by atoms with E-state index < -0.39 is 0 Å². The number of rotatable bonds is 2. The van der Waals surface area contributed by atoms with Crippen molar-refractivity contribution in [1.82, 2.24) is 4.90 Å². The van der Waals surface area contributed by atoms with Gasteiger partial charge in [0.1, 0.15) is 5.75 Å². The Morgan fingerprint density at radius 2 is 1.94 bits per heavy atom. The number of phenols is 1. The lowest BCUT2D eigenvalue weighted by molar-refractivity contribution is -0.114. The van der Waals surface area contributed by atoms with Crippen LogP contribution in [0.4, 0.5) is 0 Å². The molecule has 3 nitrogen and oxygen atoms in total. The van der Waals surface area contributed by atoms with Crippen LogP contribution in [-0.2, 0) is 4.79 Å². The minimum atomic E-state index is 0.242. The Morgan fingerprint density at radius 1 is 1.19 bits per heavy atom. The molecule has 1 atom stereocenters. The van der Waals surface area contributed by atoms with Crippen LogP contribution in [0.25, 0.3) is 0 Å². The standard InChI is InChI=1S/C13H13NO2/c15-11-4-1-9(2-5-11)13-8-14(13)10-3-6-12(16)7-10/h1-2,4-5,7,13,15H,3,6,8H2. The molecule has 0 amide bonds. The van der Waals surface area contributed by atoms with Gasteiger partial charge in [-0.15, -0.1) is 0 Å². The summed E-state index contributed by atoms with van der Waals surface area (Å²) in [7, 11) is 0. The van der Waals surface area contributed by atoms with Crippen molar-refractivity contribution in [2.45, 2.75) is 18.9 Å². The molecular formula is C13H13NO2. The smallest absolute Gasteiger partial charge is 0.157 e. The second-order valence-electron chi connectivity index (χ2n) is 4.36. The molecule has 0 saturated carbocycles. The maximum atomic E-state index is 11.1. The maximum Gasteiger partial charge on any atom is 0.157 e. The number of ketones is 1. The van der Waals surface area contributed by atoms with Crippen molar-refractivity contribution in [3.8, 4) is 5.75 Å². The third kappa shape index (κ3) is 1.58. The van der Waals surface area contributed by atoms with Gasteiger partial charge >= 0.3 is 0 Å². The highest BCUT2D eigenvalue weighted by Crippen LogP contribution is 2.41. The zero-order chi connectivity index (χ0) is 11.1. The molecule has 1 heterocycles. The molecule has 82 valence electrons. The highest BCUT2D eigenvalue weighted by atomic mass is 16.3. The average molecular weight is 215 g/mol. The van der Waals surface area contributed by atoms with Crippen molar-refractivity contribution in [2.75, 3.05) is 6.54 Å². The first-order valence-corrected chi connectivity index (χ1v) is 5.53. The van der Waals surface area contributed by atoms with Crippen molar-refractivity contribution in [2.24, 2.45) is 0 Å². The van der Waals surface area contributed by atoms with Crippen molar-refractivity contribution in [1.29, 1.82) is 0 Å². The third-order valence-electron chi connectivity index (χ3n) is 3.21. The number of carbonyl (C=O) groups excluding carboxylic acids is 1. The average Bonchev–Trinajstić information content (AvgIpc) is 2.96. The molecule has 1 unspecified atom stereocenters. The predicted octanol–water partition coefficient (Wildman–Crippen LogP) is 2.00. The second-order valence-corrected chi connectivity index (χ2v) is 4.36. The SMILES string of the molecule is O=C1C=C(N2CC2c2ccc(O)cc2)CC1. The van der Waals surface area contributed by atoms with E-state index in [0.29, 0.717) is 18.2 Å². The van der Waals surface area contributed by atoms with E-state index in [1.54, 1.807) is 18.2 Å². The van der Waals surface area contributed by atoms with E-state index in [0.717, 1.165) is 13.0 Å². The van der Waals surface area contributed by atoms with E-state index in [-0.39, 0.29) is 5.78 Å². The number of hydrogen-bond acceptors (Lipinski definition) is 3. The van der Waals surface area contributed by atoms with Gasteiger partial charge in [0.25, 0.3) is 0 Å². The van der Waals surface area contributed by atoms with Gasteiger partial charge in [-0.1, -0.05) is 12.1 Å². The molecular weight excluding hydrogens is 202 g/mol. The molecule has 1 saturated heterocycles. The first-order valence-electron chi connectivity index (χ1n) is 5.53. The van der Waals surface area contributed by atoms with Crippen molar-refractivity contribution in [3.63, 3.8) is 0 Å². The lowest BCUT2D eigenvalue weighted by Crippen LogP contribution is -1.95. The first-order chi connectivity index (χ1) is 7.74. The van der Waals surface area contributed by atoms with Gasteiger partial charge in [-0.3, -0.25) is 4.79 Å². The summed E-state index contributed by atoms with van der Waals surface area (Å²) < 4.78 is 0. The summed E-state index contributed by atoms with van der Waals surface area (Å²) >= 11 is 0. The monoisotopic (exact) mass is 215 g/mol. The number of phenolic OH excluding ortho intramolecular Hbond substituents is 1. The third-order valence-corrected chi connectivity index (χ3v) is 3.21. The minimum absolute atomic E-state index is 0.242. The van der Waals surface area contributed by atoms with Crippen molar-refractivity contribution < 1.29 is 9.90 Å². The van der Waals surface area contributed by atoms with E-state index >= 15 is 0 Å². The quantitative estimate of drug-likeness (QED) is 0.767. The summed E-state index contributed by atoms with van der Waals surface area (Å²) in [4.78, 5) is 13.4. The first kappa shape index (κ1) is 9.46. The molecule has 2 aliphatic rings. The predicted molar refractivity (Wildman–Crippen MR) is 59.9 cm³/mol. The van der Waals surface area contributed by atoms with Crippen LogP contribution in [0.3, 0.4) is 0 Å². The fraction of sp³-hybridized carbons (Fsp3) is 0.308. The van der Waals surface area contributed by atoms with E-state index in [1.807, 2.05) is 12.1 Å². The fourth-order valence-electron chi connectivity index (χ4n) is 2.25. The summed E-state index contributed by atoms with van der Waals surface area (Å²) in [6.07, 6.45) is 3.31. The molecule has 1 N–H and O–H groups in total. The molecule has 3 heteroatoms. The lowest BCUT2D eigenvalue weighted by atomic mass is 10.1. The van der Waals surface area contributed by atoms with Crippen LogP contribution < -0.4 is 0 Å². The Hall–Kier alpha value is -1.77. The molecule has 0 bridgehead atoms. The molecule has 16 heavy (non-hydrogen) atoms. The Balaban J connectivity index is 1.74. The van der Waals surface area contributed by atoms with Gasteiger partial charge in [-0.2, -0.15) is 0 Å². The van der Waals surface area contributed by atoms with E-state index in [1.165, 1.54) is 11.3 Å². The van der Waals surface area contributed by atoms with Crippen LogP contribution in [0.2, 0.25) is 0 Å². The van der Waals surface area contributed by atoms with Gasteiger partial charge in [-0.05, 0) is 24.1 Å². The molecule has 3 rings (SSSR count). The normalized spacial score (nSPS) is 23.5. The molecule has 1 aromatic carbocycles. The van der Waals surface area contributed by atoms with Gasteiger partial charge < -0.3 is 10.0 Å². The van der Waals surface area contributed by atoms with Crippen LogP contribution in [-0.4, -0.2) is 22.3 Å². The van der Waals surface area contributed by atoms with Crippen LogP contribution in [0, 0.1) is 0 Å². The highest BCUT2D eigenvalue weighted by Gasteiger charge is 2.38. The Morgan fingerprint density at radius 3 is 2.56 bits per heavy atom. The molecule has 1 aromatic rings. The van der Waals surface area contributed by atoms with Crippen LogP contribution in [0.5, 0.6) is 5.75 Å². The Bertz CT molecular complexity index is 461. The molecule has 0 aromatic heterocycles. The van der Waals surface area contributed by atoms with E-state index in [4.69, 9.17) is 0 Å². The summed E-state index contributed by atoms with van der Waals surface area (Å²) in [6.45, 7) is 0.990. The number of allylic oxidation sites excluding steroid dienone is 2. The maximum absolute atomic E-state index is 11.1. The highest BCUT2D eigenvalue weighted by molar-refractivity contribution is 5.92. The number of hydrogen-bond donors (Lipinski definition) is 1. The fourth-order valence-corrected chi connectivity index (χ4v) is 2.25. The second kappa shape index (κ2) is 3.37. The number of benzene rings is 1. The summed E-state index contributed by atoms with van der Waals surface area (Å²) in [5, 5.41) is 9.20. The van der Waals surface area contributed by atoms with Crippen molar-refractivity contribution in [3.05, 3.63) is 41.6 Å². The zero-order valence-electron chi connectivity index (χ0n) is 8.89. The summed E-state index contributed by atoms with van der Waals surface area (Å²) in [6, 6.07) is 7.70. The molecule has 1 fully saturated rings. The Kier molecular flexibility index (Phi) is 1.99. The van der Waals surface area contributed by atoms with E-state index in [2.05, 4.69) is 4.90 Å². The summed E-state index contributed by atoms with van der Waals surface area (Å²) in [5.74, 6) is 0.539. The number of carbonyl (C=O) groups is 1. The molecule has 1 aliphatic heterocycles. The largest absolute Gasteiger partial charge is 0.508 e. The van der Waals surface area contributed by atoms with Crippen LogP contribution in [0.1, 0.15) is 24.4 Å². The van der Waals surface area contributed by atoms with Gasteiger partial charge in [0.15, 0.2) is 5.78 Å². The van der Waals surface area contributed by atoms with Gasteiger partial charge in [-0.25, -0.2) is 0 Å². The zero-order valence-corrected chi connectivity index (χ0v) is 8.89. The van der Waals surface area contributed by atoms with Crippen molar-refractivity contribution >= 4 is 5.78 Å². The number of aromatic hydroxyl groups is 1. The van der Waals surface area contributed by atoms with Gasteiger partial charge in [0, 0.05) is 24.7 Å². The van der Waals surface area contributed by atoms with Crippen LogP contribution >= 0.6 is 0 Å². The van der Waals surface area contributed by atoms with E-state index in [9.17, 15) is 9.90 Å². The van der Waals surface area contributed by atoms with Gasteiger partial charge in [0.2, 0.25) is 0 Å². The molecule has 0 spiro atoms. The molecule has 1 aliphatic carbocycles. The Labute approximate surface area is 94.0 Å². The number of nitrogens with zero attached hydrogens (tertiary/aromatic N) is 1. The summed E-state index contributed by atoms with van der Waals surface area (Å²) in [5.41, 5.74) is 2.38. The van der Waals surface area contributed by atoms with Crippen LogP contribution in [0.15, 0.2) is 36.0 Å². The van der Waals surface area contributed by atoms with Gasteiger partial charge in [0.05, 0.1) is 6.04 Å². The topological polar surface area (TPSA) is 40.3 Å². The minimum Gasteiger partial charge on any atom is -0.508 e.